The maximum atomic E-state index is 12.5. The maximum Gasteiger partial charge on any atom is 0.254 e. The Morgan fingerprint density at radius 2 is 2.08 bits per heavy atom. The Bertz CT molecular complexity index is 800. The van der Waals surface area contributed by atoms with Crippen LogP contribution in [-0.4, -0.2) is 52.7 Å². The number of benzene rings is 1. The first kappa shape index (κ1) is 16.4. The number of amides is 2. The number of aryl methyl sites for hydroxylation is 1. The predicted molar refractivity (Wildman–Crippen MR) is 91.8 cm³/mol. The van der Waals surface area contributed by atoms with Crippen molar-refractivity contribution >= 4 is 11.8 Å². The summed E-state index contributed by atoms with van der Waals surface area (Å²) in [5.41, 5.74) is 0.549. The highest BCUT2D eigenvalue weighted by atomic mass is 16.7. The quantitative estimate of drug-likeness (QED) is 0.777. The van der Waals surface area contributed by atoms with E-state index >= 15 is 0 Å². The Kier molecular flexibility index (Phi) is 4.47. The smallest absolute Gasteiger partial charge is 0.254 e. The Morgan fingerprint density at radius 1 is 1.23 bits per heavy atom. The van der Waals surface area contributed by atoms with E-state index in [-0.39, 0.29) is 24.5 Å². The average molecular weight is 356 g/mol. The minimum Gasteiger partial charge on any atom is -0.454 e. The van der Waals surface area contributed by atoms with Gasteiger partial charge >= 0.3 is 0 Å². The molecule has 1 N–H and O–H groups in total. The van der Waals surface area contributed by atoms with Crippen molar-refractivity contribution in [3.63, 3.8) is 0 Å². The summed E-state index contributed by atoms with van der Waals surface area (Å²) in [5.74, 6) is 1.01. The van der Waals surface area contributed by atoms with Gasteiger partial charge in [-0.2, -0.15) is 0 Å². The van der Waals surface area contributed by atoms with Crippen molar-refractivity contribution in [2.24, 2.45) is 5.92 Å². The van der Waals surface area contributed by atoms with Gasteiger partial charge in [0.1, 0.15) is 0 Å². The molecule has 3 heterocycles. The van der Waals surface area contributed by atoms with Crippen LogP contribution in [0.5, 0.6) is 11.5 Å². The van der Waals surface area contributed by atoms with Gasteiger partial charge in [-0.25, -0.2) is 4.98 Å². The molecule has 0 spiro atoms. The second kappa shape index (κ2) is 7.07. The van der Waals surface area contributed by atoms with Gasteiger partial charge in [0.2, 0.25) is 12.7 Å². The molecule has 1 aromatic carbocycles. The number of hydrogen-bond acceptors (Lipinski definition) is 5. The molecule has 2 amide bonds. The van der Waals surface area contributed by atoms with Crippen molar-refractivity contribution in [2.45, 2.75) is 13.0 Å². The molecule has 2 aromatic rings. The van der Waals surface area contributed by atoms with Gasteiger partial charge in [0.15, 0.2) is 11.5 Å². The van der Waals surface area contributed by atoms with Crippen LogP contribution in [0.25, 0.3) is 0 Å². The number of aromatic nitrogens is 2. The molecule has 26 heavy (non-hydrogen) atoms. The summed E-state index contributed by atoms with van der Waals surface area (Å²) in [5, 5.41) is 2.93. The number of carbonyl (C=O) groups is 2. The number of imidazole rings is 1. The molecule has 0 atom stereocenters. The molecule has 0 saturated carbocycles. The molecule has 1 aromatic heterocycles. The van der Waals surface area contributed by atoms with Gasteiger partial charge in [0.05, 0.1) is 12.2 Å². The lowest BCUT2D eigenvalue weighted by atomic mass is 9.97. The van der Waals surface area contributed by atoms with Crippen molar-refractivity contribution in [3.05, 3.63) is 42.5 Å². The van der Waals surface area contributed by atoms with Crippen molar-refractivity contribution in [2.75, 3.05) is 26.4 Å². The van der Waals surface area contributed by atoms with E-state index in [0.717, 1.165) is 13.0 Å². The fourth-order valence-electron chi connectivity index (χ4n) is 3.06. The molecule has 4 rings (SSSR count). The second-order valence-electron chi connectivity index (χ2n) is 6.42. The first-order valence-corrected chi connectivity index (χ1v) is 8.63. The lowest BCUT2D eigenvalue weighted by molar-refractivity contribution is -0.128. The molecule has 8 heteroatoms. The number of rotatable bonds is 6. The van der Waals surface area contributed by atoms with E-state index < -0.39 is 0 Å². The van der Waals surface area contributed by atoms with Crippen LogP contribution in [0.1, 0.15) is 16.8 Å². The molecule has 1 fully saturated rings. The Morgan fingerprint density at radius 3 is 2.88 bits per heavy atom. The van der Waals surface area contributed by atoms with E-state index in [1.54, 1.807) is 35.6 Å². The number of fused-ring (bicyclic) bond motifs is 1. The summed E-state index contributed by atoms with van der Waals surface area (Å²) in [4.78, 5) is 30.3. The normalized spacial score (nSPS) is 15.6. The summed E-state index contributed by atoms with van der Waals surface area (Å²) >= 11 is 0. The van der Waals surface area contributed by atoms with Gasteiger partial charge in [-0.1, -0.05) is 0 Å². The zero-order valence-electron chi connectivity index (χ0n) is 14.3. The Labute approximate surface area is 150 Å². The summed E-state index contributed by atoms with van der Waals surface area (Å²) in [6.07, 6.45) is 6.23. The van der Waals surface area contributed by atoms with Gasteiger partial charge in [-0.15, -0.1) is 0 Å². The molecule has 8 nitrogen and oxygen atoms in total. The van der Waals surface area contributed by atoms with E-state index in [2.05, 4.69) is 10.3 Å². The Hall–Kier alpha value is -3.03. The van der Waals surface area contributed by atoms with Crippen LogP contribution in [0.15, 0.2) is 36.9 Å². The van der Waals surface area contributed by atoms with Crippen LogP contribution in [0, 0.1) is 5.92 Å². The summed E-state index contributed by atoms with van der Waals surface area (Å²) in [6.45, 7) is 2.50. The van der Waals surface area contributed by atoms with Gasteiger partial charge in [-0.3, -0.25) is 9.59 Å². The molecule has 2 aliphatic heterocycles. The van der Waals surface area contributed by atoms with Gasteiger partial charge in [0.25, 0.3) is 5.91 Å². The number of ether oxygens (including phenoxy) is 2. The first-order valence-electron chi connectivity index (χ1n) is 8.63. The van der Waals surface area contributed by atoms with Gasteiger partial charge < -0.3 is 24.3 Å². The van der Waals surface area contributed by atoms with E-state index in [1.165, 1.54) is 0 Å². The zero-order chi connectivity index (χ0) is 17.9. The summed E-state index contributed by atoms with van der Waals surface area (Å²) in [6, 6.07) is 5.15. The Balaban J connectivity index is 1.20. The predicted octanol–water partition coefficient (Wildman–Crippen LogP) is 0.890. The fourth-order valence-corrected chi connectivity index (χ4v) is 3.06. The van der Waals surface area contributed by atoms with E-state index in [1.807, 2.05) is 10.8 Å². The molecule has 1 saturated heterocycles. The highest BCUT2D eigenvalue weighted by Crippen LogP contribution is 2.33. The van der Waals surface area contributed by atoms with Crippen LogP contribution < -0.4 is 14.8 Å². The van der Waals surface area contributed by atoms with Crippen LogP contribution in [0.4, 0.5) is 0 Å². The third-order valence-electron chi connectivity index (χ3n) is 4.61. The summed E-state index contributed by atoms with van der Waals surface area (Å²) in [7, 11) is 0. The molecule has 0 radical (unpaired) electrons. The van der Waals surface area contributed by atoms with Gasteiger partial charge in [-0.05, 0) is 24.6 Å². The van der Waals surface area contributed by atoms with Crippen molar-refractivity contribution in [1.82, 2.24) is 19.8 Å². The SMILES string of the molecule is O=C(NCCCn1ccnc1)C1CN(C(=O)c2ccc3c(c2)OCO3)C1. The molecule has 2 aliphatic rings. The molecule has 136 valence electrons. The zero-order valence-corrected chi connectivity index (χ0v) is 14.3. The monoisotopic (exact) mass is 356 g/mol. The molecular weight excluding hydrogens is 336 g/mol. The minimum absolute atomic E-state index is 0.00497. The van der Waals surface area contributed by atoms with Crippen LogP contribution in [-0.2, 0) is 11.3 Å². The lowest BCUT2D eigenvalue weighted by Crippen LogP contribution is -2.55. The second-order valence-corrected chi connectivity index (χ2v) is 6.42. The van der Waals surface area contributed by atoms with Crippen LogP contribution in [0.2, 0.25) is 0 Å². The molecular formula is C18H20N4O4. The fraction of sp³-hybridized carbons (Fsp3) is 0.389. The van der Waals surface area contributed by atoms with E-state index in [0.29, 0.717) is 36.7 Å². The largest absolute Gasteiger partial charge is 0.454 e. The highest BCUT2D eigenvalue weighted by Gasteiger charge is 2.36. The molecule has 0 unspecified atom stereocenters. The number of likely N-dealkylation sites (tertiary alicyclic amines) is 1. The molecule has 0 aliphatic carbocycles. The van der Waals surface area contributed by atoms with E-state index in [4.69, 9.17) is 9.47 Å². The molecule has 0 bridgehead atoms. The van der Waals surface area contributed by atoms with Gasteiger partial charge in [0, 0.05) is 44.1 Å². The third kappa shape index (κ3) is 3.35. The topological polar surface area (TPSA) is 85.7 Å². The van der Waals surface area contributed by atoms with Crippen molar-refractivity contribution in [3.8, 4) is 11.5 Å². The summed E-state index contributed by atoms with van der Waals surface area (Å²) < 4.78 is 12.5. The number of hydrogen-bond donors (Lipinski definition) is 1. The van der Waals surface area contributed by atoms with E-state index in [9.17, 15) is 9.59 Å². The van der Waals surface area contributed by atoms with Crippen LogP contribution >= 0.6 is 0 Å². The number of nitrogens with zero attached hydrogens (tertiary/aromatic N) is 3. The number of nitrogens with one attached hydrogen (secondary N) is 1. The van der Waals surface area contributed by atoms with Crippen LogP contribution in [0.3, 0.4) is 0 Å². The standard InChI is InChI=1S/C18H20N4O4/c23-17(20-4-1-6-21-7-5-19-11-21)14-9-22(10-14)18(24)13-2-3-15-16(8-13)26-12-25-15/h2-3,5,7-8,11,14H,1,4,6,9-10,12H2,(H,20,23). The maximum absolute atomic E-state index is 12.5. The number of carbonyl (C=O) groups excluding carboxylic acids is 2. The minimum atomic E-state index is -0.138. The third-order valence-corrected chi connectivity index (χ3v) is 4.61. The first-order chi connectivity index (χ1) is 12.7. The highest BCUT2D eigenvalue weighted by molar-refractivity contribution is 5.96. The van der Waals surface area contributed by atoms with Crippen molar-refractivity contribution in [1.29, 1.82) is 0 Å². The van der Waals surface area contributed by atoms with Crippen molar-refractivity contribution < 1.29 is 19.1 Å². The lowest BCUT2D eigenvalue weighted by Gasteiger charge is -2.38. The average Bonchev–Trinajstić information content (AvgIpc) is 3.28.